The first kappa shape index (κ1) is 48.0. The maximum atomic E-state index is 12.0. The summed E-state index contributed by atoms with van der Waals surface area (Å²) in [5.74, 6) is 0. The van der Waals surface area contributed by atoms with Gasteiger partial charge >= 0.3 is 12.1 Å². The van der Waals surface area contributed by atoms with Gasteiger partial charge in [-0.15, -0.1) is 0 Å². The summed E-state index contributed by atoms with van der Waals surface area (Å²) in [6, 6.07) is -0.0873. The van der Waals surface area contributed by atoms with Crippen molar-refractivity contribution in [1.29, 1.82) is 0 Å². The first-order valence-electron chi connectivity index (χ1n) is 22.0. The number of nitrogens with one attached hydrogen (secondary N) is 4. The van der Waals surface area contributed by atoms with Gasteiger partial charge in [0.05, 0.1) is 0 Å². The molecule has 0 radical (unpaired) electrons. The van der Waals surface area contributed by atoms with Gasteiger partial charge in [-0.2, -0.15) is 0 Å². The Kier molecular flexibility index (Phi) is 41.5. The second-order valence-electron chi connectivity index (χ2n) is 14.7. The first-order valence-corrected chi connectivity index (χ1v) is 22.0. The molecule has 4 amide bonds. The largest absolute Gasteiger partial charge is 0.338 e. The molecule has 0 aliphatic carbocycles. The molecule has 0 unspecified atom stereocenters. The molecule has 4 N–H and O–H groups in total. The van der Waals surface area contributed by atoms with Crippen molar-refractivity contribution in [2.24, 2.45) is 0 Å². The van der Waals surface area contributed by atoms with Crippen LogP contribution in [0.4, 0.5) is 9.59 Å². The van der Waals surface area contributed by atoms with Crippen molar-refractivity contribution < 1.29 is 9.59 Å². The van der Waals surface area contributed by atoms with E-state index in [0.717, 1.165) is 51.6 Å². The van der Waals surface area contributed by atoms with Gasteiger partial charge in [0.25, 0.3) is 0 Å². The minimum Gasteiger partial charge on any atom is -0.338 e. The fourth-order valence-electron chi connectivity index (χ4n) is 6.28. The highest BCUT2D eigenvalue weighted by molar-refractivity contribution is 5.74. The van der Waals surface area contributed by atoms with Crippen molar-refractivity contribution in [2.75, 3.05) is 26.2 Å². The molecule has 50 heavy (non-hydrogen) atoms. The molecule has 0 spiro atoms. The minimum atomic E-state index is -0.0437. The Morgan fingerprint density at radius 2 is 0.500 bits per heavy atom. The topological polar surface area (TPSA) is 82.3 Å². The third kappa shape index (κ3) is 42.2. The Bertz CT molecular complexity index is 692. The summed E-state index contributed by atoms with van der Waals surface area (Å²) in [7, 11) is 0. The third-order valence-electron chi connectivity index (χ3n) is 9.62. The molecule has 0 fully saturated rings. The lowest BCUT2D eigenvalue weighted by atomic mass is 10.1. The van der Waals surface area contributed by atoms with Gasteiger partial charge in [-0.3, -0.25) is 0 Å². The molecule has 0 aromatic heterocycles. The molecule has 6 heteroatoms. The molecule has 0 aliphatic rings. The fraction of sp³-hybridized carbons (Fsp3) is 0.864. The van der Waals surface area contributed by atoms with Crippen LogP contribution in [0, 0.1) is 0 Å². The number of urea groups is 2. The monoisotopic (exact) mass is 703 g/mol. The smallest absolute Gasteiger partial charge is 0.314 e. The summed E-state index contributed by atoms with van der Waals surface area (Å²) in [6.45, 7) is 7.50. The predicted octanol–water partition coefficient (Wildman–Crippen LogP) is 13.2. The second kappa shape index (κ2) is 43.2. The van der Waals surface area contributed by atoms with Gasteiger partial charge in [-0.05, 0) is 77.0 Å². The summed E-state index contributed by atoms with van der Waals surface area (Å²) in [5.41, 5.74) is 0. The van der Waals surface area contributed by atoms with Gasteiger partial charge in [0.1, 0.15) is 0 Å². The standard InChI is InChI=1S/C44H86N4O2/c1-3-5-7-9-11-13-15-17-19-21-23-25-27-29-31-35-39-45-43(49)47-41-37-33-34-38-42-48-44(50)46-40-36-32-30-28-26-24-22-20-18-16-14-12-10-8-6-4-2/h17-20H,3-16,21-42H2,1-2H3,(H2,45,47,49)(H2,46,48,50)/b19-17-,20-18-. The molecular formula is C44H86N4O2. The highest BCUT2D eigenvalue weighted by Crippen LogP contribution is 2.11. The Morgan fingerprint density at radius 1 is 0.300 bits per heavy atom. The third-order valence-corrected chi connectivity index (χ3v) is 9.62. The van der Waals surface area contributed by atoms with E-state index in [1.807, 2.05) is 0 Å². The van der Waals surface area contributed by atoms with Crippen LogP contribution in [0.1, 0.15) is 219 Å². The average molecular weight is 703 g/mol. The molecule has 6 nitrogen and oxygen atoms in total. The molecule has 0 rings (SSSR count). The molecule has 0 saturated heterocycles. The van der Waals surface area contributed by atoms with E-state index in [2.05, 4.69) is 59.4 Å². The van der Waals surface area contributed by atoms with Gasteiger partial charge in [-0.25, -0.2) is 9.59 Å². The van der Waals surface area contributed by atoms with Crippen LogP contribution in [-0.2, 0) is 0 Å². The van der Waals surface area contributed by atoms with Crippen molar-refractivity contribution in [1.82, 2.24) is 21.3 Å². The zero-order valence-electron chi connectivity index (χ0n) is 33.6. The zero-order chi connectivity index (χ0) is 36.3. The number of allylic oxidation sites excluding steroid dienone is 4. The number of hydrogen-bond acceptors (Lipinski definition) is 2. The quantitative estimate of drug-likeness (QED) is 0.0380. The Balaban J connectivity index is 3.29. The van der Waals surface area contributed by atoms with Gasteiger partial charge in [0.15, 0.2) is 0 Å². The summed E-state index contributed by atoms with van der Waals surface area (Å²) in [4.78, 5) is 24.0. The summed E-state index contributed by atoms with van der Waals surface area (Å²) in [5, 5.41) is 11.9. The average Bonchev–Trinajstić information content (AvgIpc) is 3.12. The lowest BCUT2D eigenvalue weighted by molar-refractivity contribution is 0.239. The molecule has 0 bridgehead atoms. The van der Waals surface area contributed by atoms with E-state index in [9.17, 15) is 9.59 Å². The van der Waals surface area contributed by atoms with E-state index in [1.54, 1.807) is 0 Å². The lowest BCUT2D eigenvalue weighted by Gasteiger charge is -2.09. The molecule has 0 aromatic carbocycles. The van der Waals surface area contributed by atoms with E-state index < -0.39 is 0 Å². The Hall–Kier alpha value is -1.98. The summed E-state index contributed by atoms with van der Waals surface area (Å²) < 4.78 is 0. The van der Waals surface area contributed by atoms with E-state index in [4.69, 9.17) is 0 Å². The lowest BCUT2D eigenvalue weighted by Crippen LogP contribution is -2.36. The summed E-state index contributed by atoms with van der Waals surface area (Å²) >= 11 is 0. The van der Waals surface area contributed by atoms with E-state index >= 15 is 0 Å². The van der Waals surface area contributed by atoms with Crippen molar-refractivity contribution in [2.45, 2.75) is 219 Å². The van der Waals surface area contributed by atoms with Crippen LogP contribution >= 0.6 is 0 Å². The van der Waals surface area contributed by atoms with Gasteiger partial charge < -0.3 is 21.3 Å². The van der Waals surface area contributed by atoms with Crippen molar-refractivity contribution >= 4 is 12.1 Å². The fourth-order valence-corrected chi connectivity index (χ4v) is 6.28. The molecule has 0 atom stereocenters. The maximum Gasteiger partial charge on any atom is 0.314 e. The number of carbonyl (C=O) groups excluding carboxylic acids is 2. The molecule has 0 aromatic rings. The van der Waals surface area contributed by atoms with E-state index in [0.29, 0.717) is 13.1 Å². The molecule has 0 saturated carbocycles. The van der Waals surface area contributed by atoms with Gasteiger partial charge in [-0.1, -0.05) is 167 Å². The molecule has 294 valence electrons. The highest BCUT2D eigenvalue weighted by Gasteiger charge is 2.01. The first-order chi connectivity index (χ1) is 24.7. The summed E-state index contributed by atoms with van der Waals surface area (Å²) in [6.07, 6.45) is 50.0. The van der Waals surface area contributed by atoms with E-state index in [-0.39, 0.29) is 12.1 Å². The zero-order valence-corrected chi connectivity index (χ0v) is 33.6. The van der Waals surface area contributed by atoms with Crippen LogP contribution in [0.2, 0.25) is 0 Å². The normalized spacial score (nSPS) is 11.5. The van der Waals surface area contributed by atoms with Crippen molar-refractivity contribution in [3.63, 3.8) is 0 Å². The van der Waals surface area contributed by atoms with E-state index in [1.165, 1.54) is 167 Å². The SMILES string of the molecule is CCCCCCCC/C=C\CCCCCCCCNC(=O)NCCCCCCNC(=O)NCCCCCCCC/C=C\CCCCCCCC. The van der Waals surface area contributed by atoms with Gasteiger partial charge in [0, 0.05) is 26.2 Å². The number of amides is 4. The van der Waals surface area contributed by atoms with Crippen LogP contribution < -0.4 is 21.3 Å². The van der Waals surface area contributed by atoms with Crippen LogP contribution in [0.25, 0.3) is 0 Å². The molecular weight excluding hydrogens is 617 g/mol. The van der Waals surface area contributed by atoms with Gasteiger partial charge in [0.2, 0.25) is 0 Å². The number of carbonyl (C=O) groups is 2. The minimum absolute atomic E-state index is 0.0437. The Morgan fingerprint density at radius 3 is 0.740 bits per heavy atom. The van der Waals surface area contributed by atoms with Crippen LogP contribution in [0.5, 0.6) is 0 Å². The number of unbranched alkanes of at least 4 members (excludes halogenated alkanes) is 27. The number of hydrogen-bond donors (Lipinski definition) is 4. The maximum absolute atomic E-state index is 12.0. The van der Waals surface area contributed by atoms with Crippen molar-refractivity contribution in [3.8, 4) is 0 Å². The predicted molar refractivity (Wildman–Crippen MR) is 220 cm³/mol. The van der Waals surface area contributed by atoms with Crippen LogP contribution in [-0.4, -0.2) is 38.2 Å². The van der Waals surface area contributed by atoms with Crippen LogP contribution in [0.3, 0.4) is 0 Å². The number of rotatable bonds is 39. The highest BCUT2D eigenvalue weighted by atomic mass is 16.2. The van der Waals surface area contributed by atoms with Crippen LogP contribution in [0.15, 0.2) is 24.3 Å². The van der Waals surface area contributed by atoms with Crippen molar-refractivity contribution in [3.05, 3.63) is 24.3 Å². The molecule has 0 heterocycles. The second-order valence-corrected chi connectivity index (χ2v) is 14.7. The molecule has 0 aliphatic heterocycles. The Labute approximate surface area is 312 Å².